The van der Waals surface area contributed by atoms with Crippen LogP contribution >= 0.6 is 35.4 Å². The molecule has 0 atom stereocenters. The fourth-order valence-corrected chi connectivity index (χ4v) is 3.62. The lowest BCUT2D eigenvalue weighted by atomic mass is 9.74. The quantitative estimate of drug-likeness (QED) is 0.747. The van der Waals surface area contributed by atoms with E-state index >= 15 is 0 Å². The topological polar surface area (TPSA) is 20.7 Å². The molecule has 2 nitrogen and oxygen atoms in total. The molecule has 0 saturated heterocycles. The first-order chi connectivity index (χ1) is 8.57. The van der Waals surface area contributed by atoms with Crippen molar-refractivity contribution in [2.24, 2.45) is 0 Å². The Balaban J connectivity index is 2.32. The zero-order valence-corrected chi connectivity index (χ0v) is 12.4. The summed E-state index contributed by atoms with van der Waals surface area (Å²) in [7, 11) is 0. The van der Waals surface area contributed by atoms with Crippen LogP contribution in [-0.2, 0) is 5.54 Å². The standard InChI is InChI=1S/C13H14Cl2N2S/c1-2-13(4-3-5-13)17-11-7-9(15)8(14)6-10(11)16-12(17)18/h6-7H,2-5H2,1H3,(H,16,18). The number of fused-ring (bicyclic) bond motifs is 1. The maximum absolute atomic E-state index is 6.13. The van der Waals surface area contributed by atoms with Crippen LogP contribution in [0.15, 0.2) is 12.1 Å². The van der Waals surface area contributed by atoms with E-state index in [0.717, 1.165) is 22.2 Å². The van der Waals surface area contributed by atoms with Crippen LogP contribution in [0.5, 0.6) is 0 Å². The largest absolute Gasteiger partial charge is 0.331 e. The van der Waals surface area contributed by atoms with Gasteiger partial charge in [-0.1, -0.05) is 30.1 Å². The summed E-state index contributed by atoms with van der Waals surface area (Å²) in [5, 5.41) is 1.14. The molecule has 18 heavy (non-hydrogen) atoms. The first-order valence-electron chi connectivity index (χ1n) is 6.18. The molecule has 96 valence electrons. The van der Waals surface area contributed by atoms with Crippen LogP contribution in [-0.4, -0.2) is 9.55 Å². The fourth-order valence-electron chi connectivity index (χ4n) is 2.89. The molecule has 1 aromatic carbocycles. The van der Waals surface area contributed by atoms with Crippen LogP contribution in [0.2, 0.25) is 10.0 Å². The number of nitrogens with one attached hydrogen (secondary N) is 1. The summed E-state index contributed by atoms with van der Waals surface area (Å²) in [5.74, 6) is 0. The summed E-state index contributed by atoms with van der Waals surface area (Å²) in [5.41, 5.74) is 2.21. The Kier molecular flexibility index (Phi) is 2.96. The molecule has 0 bridgehead atoms. The Morgan fingerprint density at radius 3 is 2.56 bits per heavy atom. The summed E-state index contributed by atoms with van der Waals surface area (Å²) >= 11 is 17.7. The summed E-state index contributed by atoms with van der Waals surface area (Å²) in [4.78, 5) is 3.24. The first kappa shape index (κ1) is 12.5. The number of imidazole rings is 1. The molecule has 1 fully saturated rings. The van der Waals surface area contributed by atoms with Gasteiger partial charge in [0.1, 0.15) is 0 Å². The second-order valence-electron chi connectivity index (χ2n) is 4.98. The lowest BCUT2D eigenvalue weighted by molar-refractivity contribution is 0.140. The number of hydrogen-bond donors (Lipinski definition) is 1. The van der Waals surface area contributed by atoms with Gasteiger partial charge in [-0.2, -0.15) is 0 Å². The van der Waals surface area contributed by atoms with E-state index < -0.39 is 0 Å². The van der Waals surface area contributed by atoms with Crippen molar-refractivity contribution in [1.29, 1.82) is 0 Å². The molecule has 0 radical (unpaired) electrons. The molecule has 1 heterocycles. The van der Waals surface area contributed by atoms with E-state index in [1.54, 1.807) is 0 Å². The lowest BCUT2D eigenvalue weighted by Gasteiger charge is -2.43. The Morgan fingerprint density at radius 1 is 1.33 bits per heavy atom. The highest BCUT2D eigenvalue weighted by Crippen LogP contribution is 2.44. The summed E-state index contributed by atoms with van der Waals surface area (Å²) < 4.78 is 3.01. The summed E-state index contributed by atoms with van der Waals surface area (Å²) in [6.45, 7) is 2.22. The number of aromatic amines is 1. The van der Waals surface area contributed by atoms with Crippen LogP contribution in [0.3, 0.4) is 0 Å². The van der Waals surface area contributed by atoms with E-state index in [-0.39, 0.29) is 5.54 Å². The molecule has 1 N–H and O–H groups in total. The van der Waals surface area contributed by atoms with Gasteiger partial charge >= 0.3 is 0 Å². The molecule has 0 spiro atoms. The van der Waals surface area contributed by atoms with E-state index in [2.05, 4.69) is 16.5 Å². The highest BCUT2D eigenvalue weighted by Gasteiger charge is 2.38. The van der Waals surface area contributed by atoms with Crippen LogP contribution in [0.4, 0.5) is 0 Å². The van der Waals surface area contributed by atoms with E-state index in [1.165, 1.54) is 19.3 Å². The molecule has 5 heteroatoms. The van der Waals surface area contributed by atoms with Crippen molar-refractivity contribution in [1.82, 2.24) is 9.55 Å². The van der Waals surface area contributed by atoms with Crippen molar-refractivity contribution in [2.45, 2.75) is 38.1 Å². The SMILES string of the molecule is CCC1(n2c(=S)[nH]c3cc(Cl)c(Cl)cc32)CCC1. The van der Waals surface area contributed by atoms with Gasteiger partial charge in [0.2, 0.25) is 0 Å². The molecule has 0 amide bonds. The van der Waals surface area contributed by atoms with E-state index in [9.17, 15) is 0 Å². The van der Waals surface area contributed by atoms with Gasteiger partial charge in [0.05, 0.1) is 21.1 Å². The highest BCUT2D eigenvalue weighted by atomic mass is 35.5. The van der Waals surface area contributed by atoms with Gasteiger partial charge in [0, 0.05) is 5.54 Å². The minimum Gasteiger partial charge on any atom is -0.331 e. The Morgan fingerprint density at radius 2 is 2.00 bits per heavy atom. The highest BCUT2D eigenvalue weighted by molar-refractivity contribution is 7.71. The second-order valence-corrected chi connectivity index (χ2v) is 6.18. The molecule has 3 rings (SSSR count). The normalized spacial score (nSPS) is 17.9. The maximum atomic E-state index is 6.13. The third-order valence-electron chi connectivity index (χ3n) is 4.14. The second kappa shape index (κ2) is 4.26. The first-order valence-corrected chi connectivity index (χ1v) is 7.34. The van der Waals surface area contributed by atoms with Crippen molar-refractivity contribution in [2.75, 3.05) is 0 Å². The molecular formula is C13H14Cl2N2S. The average molecular weight is 301 g/mol. The molecule has 1 aliphatic carbocycles. The minimum atomic E-state index is 0.173. The van der Waals surface area contributed by atoms with E-state index in [4.69, 9.17) is 35.4 Å². The third kappa shape index (κ3) is 1.64. The van der Waals surface area contributed by atoms with Gasteiger partial charge in [-0.15, -0.1) is 0 Å². The van der Waals surface area contributed by atoms with Gasteiger partial charge < -0.3 is 9.55 Å². The van der Waals surface area contributed by atoms with Gasteiger partial charge in [-0.3, -0.25) is 0 Å². The lowest BCUT2D eigenvalue weighted by Crippen LogP contribution is -2.39. The zero-order valence-electron chi connectivity index (χ0n) is 10.1. The third-order valence-corrected chi connectivity index (χ3v) is 5.15. The van der Waals surface area contributed by atoms with Gasteiger partial charge in [-0.25, -0.2) is 0 Å². The Labute approximate surface area is 121 Å². The van der Waals surface area contributed by atoms with Gasteiger partial charge in [0.15, 0.2) is 4.77 Å². The molecular weight excluding hydrogens is 287 g/mol. The number of hydrogen-bond acceptors (Lipinski definition) is 1. The number of nitrogens with zero attached hydrogens (tertiary/aromatic N) is 1. The summed E-state index contributed by atoms with van der Waals surface area (Å²) in [6, 6.07) is 3.77. The molecule has 1 saturated carbocycles. The average Bonchev–Trinajstić information content (AvgIpc) is 2.57. The predicted molar refractivity (Wildman–Crippen MR) is 79.3 cm³/mol. The van der Waals surface area contributed by atoms with Crippen molar-refractivity contribution in [3.63, 3.8) is 0 Å². The van der Waals surface area contributed by atoms with Crippen molar-refractivity contribution in [3.05, 3.63) is 26.9 Å². The summed E-state index contributed by atoms with van der Waals surface area (Å²) in [6.07, 6.45) is 4.73. The number of halogens is 2. The number of rotatable bonds is 2. The van der Waals surface area contributed by atoms with Gasteiger partial charge in [-0.05, 0) is 50.0 Å². The minimum absolute atomic E-state index is 0.173. The van der Waals surface area contributed by atoms with E-state index in [1.807, 2.05) is 12.1 Å². The monoisotopic (exact) mass is 300 g/mol. The van der Waals surface area contributed by atoms with Crippen LogP contribution in [0, 0.1) is 4.77 Å². The van der Waals surface area contributed by atoms with E-state index in [0.29, 0.717) is 10.0 Å². The zero-order chi connectivity index (χ0) is 12.9. The van der Waals surface area contributed by atoms with Crippen molar-refractivity contribution >= 4 is 46.5 Å². The molecule has 1 aromatic heterocycles. The van der Waals surface area contributed by atoms with Crippen LogP contribution < -0.4 is 0 Å². The number of benzene rings is 1. The predicted octanol–water partition coefficient (Wildman–Crippen LogP) is 5.29. The van der Waals surface area contributed by atoms with Gasteiger partial charge in [0.25, 0.3) is 0 Å². The fraction of sp³-hybridized carbons (Fsp3) is 0.462. The van der Waals surface area contributed by atoms with Crippen molar-refractivity contribution < 1.29 is 0 Å². The number of aromatic nitrogens is 2. The van der Waals surface area contributed by atoms with Crippen LogP contribution in [0.1, 0.15) is 32.6 Å². The maximum Gasteiger partial charge on any atom is 0.178 e. The molecule has 0 aliphatic heterocycles. The Hall–Kier alpha value is -0.510. The Bertz CT molecular complexity index is 662. The smallest absolute Gasteiger partial charge is 0.178 e. The molecule has 0 unspecified atom stereocenters. The molecule has 1 aliphatic rings. The number of H-pyrrole nitrogens is 1. The molecule has 2 aromatic rings. The van der Waals surface area contributed by atoms with Crippen LogP contribution in [0.25, 0.3) is 11.0 Å². The van der Waals surface area contributed by atoms with Crippen molar-refractivity contribution in [3.8, 4) is 0 Å².